The molecule has 26 heteroatoms. The summed E-state index contributed by atoms with van der Waals surface area (Å²) in [5.74, 6) is 0.348. The summed E-state index contributed by atoms with van der Waals surface area (Å²) < 4.78 is 68.2. The Morgan fingerprint density at radius 2 is 0.797 bits per heavy atom. The SMILES string of the molecule is COC(=O)CN(C)Cc1ccn2c(-c3ccnc(N[C@@H](C)c4ccccc4)n3)c(-c3ccc(F)cc3)nc2c1.COCCN(CCOC)Cc1ccn2c(-c3ccnc(N[C@@H](C)c4ccccc4)n3)c(-c3ccc(F)cc3)nc2c1.C[C@H](Nc1nccc(-c2c(-c3ccc(F)cc3)nc3cc(CN4CCOCC4)ccn23)n1)c1ccccc1. The summed E-state index contributed by atoms with van der Waals surface area (Å²) >= 11 is 0. The van der Waals surface area contributed by atoms with Gasteiger partial charge in [-0.1, -0.05) is 91.0 Å². The average molecular weight is 1590 g/mol. The molecule has 0 radical (unpaired) electrons. The monoisotopic (exact) mass is 1590 g/mol. The maximum Gasteiger partial charge on any atom is 0.319 e. The van der Waals surface area contributed by atoms with Crippen LogP contribution in [0.1, 0.15) is 72.3 Å². The number of hydrogen-bond donors (Lipinski definition) is 3. The molecule has 1 saturated heterocycles. The predicted octanol–water partition coefficient (Wildman–Crippen LogP) is 16.8. The zero-order valence-corrected chi connectivity index (χ0v) is 66.8. The van der Waals surface area contributed by atoms with Gasteiger partial charge < -0.3 is 34.9 Å². The standard InChI is InChI=1S/C32H35FN6O2.C30H29FN6O2.C30H29FN6O/c1-23(25-7-5-4-6-8-25)35-32-34-15-13-28(36-32)31-30(26-9-11-27(33)12-10-26)37-29-21-24(14-16-39(29)31)22-38(17-19-40-2)18-20-41-3;1-20(22-7-5-4-6-8-22)33-30-32-15-13-25(34-30)29-28(23-9-11-24(31)12-10-23)35-26-17-21(14-16-37(26)29)18-36(2)19-27(38)39-3;1-21(23-5-3-2-4-6-23)33-30-32-13-11-26(34-30)29-28(24-7-9-25(31)10-8-24)35-27-19-22(12-14-37(27)29)20-36-15-17-38-18-16-36/h4-16,21,23H,17-20,22H2,1-3H3,(H,34,35,36);4-17,20H,18-19H2,1-3H3,(H,32,33,34);2-14,19,21H,15-18,20H2,1H3,(H,32,33,34)/t23-;20-;21-/m000/s1. The lowest BCUT2D eigenvalue weighted by Crippen LogP contribution is -2.35. The quantitative estimate of drug-likeness (QED) is 0.0370. The second kappa shape index (κ2) is 39.1. The number of nitrogens with zero attached hydrogens (tertiary/aromatic N) is 15. The number of esters is 1. The molecule has 0 unspecified atom stereocenters. The number of pyridine rings is 3. The minimum atomic E-state index is -0.316. The first-order chi connectivity index (χ1) is 57.6. The van der Waals surface area contributed by atoms with Crippen LogP contribution in [0.3, 0.4) is 0 Å². The van der Waals surface area contributed by atoms with Crippen molar-refractivity contribution in [1.29, 1.82) is 0 Å². The molecule has 602 valence electrons. The third-order valence-electron chi connectivity index (χ3n) is 20.3. The van der Waals surface area contributed by atoms with Gasteiger partial charge in [0, 0.05) is 114 Å². The Morgan fingerprint density at radius 1 is 0.449 bits per heavy atom. The summed E-state index contributed by atoms with van der Waals surface area (Å²) in [6.07, 6.45) is 11.2. The molecule has 23 nitrogen and oxygen atoms in total. The second-order valence-electron chi connectivity index (χ2n) is 28.8. The molecule has 16 rings (SSSR count). The van der Waals surface area contributed by atoms with E-state index in [0.29, 0.717) is 60.3 Å². The highest BCUT2D eigenvalue weighted by Crippen LogP contribution is 2.37. The summed E-state index contributed by atoms with van der Waals surface area (Å²) in [7, 11) is 6.65. The molecule has 0 spiro atoms. The van der Waals surface area contributed by atoms with Gasteiger partial charge in [-0.2, -0.15) is 0 Å². The Hall–Kier alpha value is -13.0. The number of aromatic nitrogens is 12. The van der Waals surface area contributed by atoms with Crippen LogP contribution in [-0.2, 0) is 43.4 Å². The highest BCUT2D eigenvalue weighted by molar-refractivity contribution is 5.84. The van der Waals surface area contributed by atoms with E-state index in [9.17, 15) is 18.0 Å². The average Bonchev–Trinajstić information content (AvgIpc) is 1.62. The van der Waals surface area contributed by atoms with Gasteiger partial charge in [0.15, 0.2) is 0 Å². The van der Waals surface area contributed by atoms with Crippen molar-refractivity contribution in [2.24, 2.45) is 0 Å². The second-order valence-corrected chi connectivity index (χ2v) is 28.8. The molecule has 6 aromatic carbocycles. The molecule has 1 aliphatic heterocycles. The van der Waals surface area contributed by atoms with Crippen molar-refractivity contribution in [3.63, 3.8) is 0 Å². The first-order valence-corrected chi connectivity index (χ1v) is 39.1. The maximum atomic E-state index is 13.8. The number of rotatable bonds is 29. The fourth-order valence-electron chi connectivity index (χ4n) is 14.1. The molecular formula is C92H93F3N18O5. The number of carbonyl (C=O) groups excluding carboxylic acids is 1. The van der Waals surface area contributed by atoms with Crippen molar-refractivity contribution in [2.45, 2.75) is 58.5 Å². The third-order valence-corrected chi connectivity index (χ3v) is 20.3. The van der Waals surface area contributed by atoms with Crippen molar-refractivity contribution in [2.75, 3.05) is 103 Å². The summed E-state index contributed by atoms with van der Waals surface area (Å²) in [6, 6.07) is 67.6. The molecule has 0 bridgehead atoms. The number of ether oxygens (including phenoxy) is 4. The molecular weight excluding hydrogens is 1490 g/mol. The topological polar surface area (TPSA) is 229 Å². The van der Waals surface area contributed by atoms with Gasteiger partial charge >= 0.3 is 5.97 Å². The van der Waals surface area contributed by atoms with E-state index in [1.165, 1.54) is 49.1 Å². The van der Waals surface area contributed by atoms with Crippen molar-refractivity contribution in [3.05, 3.63) is 306 Å². The van der Waals surface area contributed by atoms with Gasteiger partial charge in [-0.05, 0) is 189 Å². The Bertz CT molecular complexity index is 5800. The zero-order chi connectivity index (χ0) is 81.9. The van der Waals surface area contributed by atoms with Gasteiger partial charge in [0.05, 0.1) is 109 Å². The van der Waals surface area contributed by atoms with E-state index < -0.39 is 0 Å². The lowest BCUT2D eigenvalue weighted by Gasteiger charge is -2.26. The van der Waals surface area contributed by atoms with Gasteiger partial charge in [-0.25, -0.2) is 58.0 Å². The number of imidazole rings is 3. The van der Waals surface area contributed by atoms with Gasteiger partial charge in [-0.15, -0.1) is 0 Å². The highest BCUT2D eigenvalue weighted by atomic mass is 19.1. The Morgan fingerprint density at radius 3 is 1.15 bits per heavy atom. The molecule has 118 heavy (non-hydrogen) atoms. The van der Waals surface area contributed by atoms with Crippen molar-refractivity contribution in [1.82, 2.24) is 72.8 Å². The number of anilines is 3. The van der Waals surface area contributed by atoms with Crippen LogP contribution in [0, 0.1) is 17.5 Å². The van der Waals surface area contributed by atoms with E-state index in [-0.39, 0.29) is 48.1 Å². The Balaban J connectivity index is 0.000000146. The normalized spacial score (nSPS) is 13.1. The van der Waals surface area contributed by atoms with Gasteiger partial charge in [0.2, 0.25) is 17.8 Å². The molecule has 0 aliphatic carbocycles. The number of fused-ring (bicyclic) bond motifs is 3. The number of carbonyl (C=O) groups is 1. The number of methoxy groups -OCH3 is 3. The van der Waals surface area contributed by atoms with Gasteiger partial charge in [0.1, 0.15) is 34.4 Å². The van der Waals surface area contributed by atoms with Crippen LogP contribution in [0.5, 0.6) is 0 Å². The van der Waals surface area contributed by atoms with Crippen LogP contribution in [0.15, 0.2) is 256 Å². The fourth-order valence-corrected chi connectivity index (χ4v) is 14.1. The van der Waals surface area contributed by atoms with Crippen LogP contribution in [0.4, 0.5) is 31.0 Å². The molecule has 0 amide bonds. The molecule has 15 aromatic rings. The summed E-state index contributed by atoms with van der Waals surface area (Å²) in [5, 5.41) is 10.2. The smallest absolute Gasteiger partial charge is 0.319 e. The minimum Gasteiger partial charge on any atom is -0.468 e. The van der Waals surface area contributed by atoms with Crippen LogP contribution in [0.2, 0.25) is 0 Å². The third kappa shape index (κ3) is 20.6. The first-order valence-electron chi connectivity index (χ1n) is 39.1. The van der Waals surface area contributed by atoms with Crippen molar-refractivity contribution in [3.8, 4) is 67.9 Å². The summed E-state index contributed by atoms with van der Waals surface area (Å²) in [6.45, 7) is 14.7. The molecule has 9 aromatic heterocycles. The number of hydrogen-bond acceptors (Lipinski definition) is 20. The summed E-state index contributed by atoms with van der Waals surface area (Å²) in [4.78, 5) is 61.1. The molecule has 0 saturated carbocycles. The van der Waals surface area contributed by atoms with Crippen LogP contribution < -0.4 is 16.0 Å². The van der Waals surface area contributed by atoms with Crippen LogP contribution in [0.25, 0.3) is 84.9 Å². The highest BCUT2D eigenvalue weighted by Gasteiger charge is 2.25. The van der Waals surface area contributed by atoms with Crippen molar-refractivity contribution < 1.29 is 36.9 Å². The minimum absolute atomic E-state index is 0.00439. The first kappa shape index (κ1) is 81.6. The number of morpholine rings is 1. The van der Waals surface area contributed by atoms with Gasteiger partial charge in [-0.3, -0.25) is 32.7 Å². The summed E-state index contributed by atoms with van der Waals surface area (Å²) in [5.41, 5.74) is 18.1. The maximum absolute atomic E-state index is 13.8. The molecule has 3 atom stereocenters. The lowest BCUT2D eigenvalue weighted by atomic mass is 10.1. The fraction of sp³-hybridized carbons (Fsp3) is 0.239. The Labute approximate surface area is 683 Å². The number of nitrogens with one attached hydrogen (secondary N) is 3. The molecule has 3 N–H and O–H groups in total. The van der Waals surface area contributed by atoms with E-state index in [1.807, 2.05) is 129 Å². The Kier molecular flexibility index (Phi) is 27.1. The van der Waals surface area contributed by atoms with E-state index in [2.05, 4.69) is 122 Å². The predicted molar refractivity (Wildman–Crippen MR) is 454 cm³/mol. The zero-order valence-electron chi connectivity index (χ0n) is 66.8. The van der Waals surface area contributed by atoms with Crippen molar-refractivity contribution >= 4 is 40.8 Å². The molecule has 10 heterocycles. The van der Waals surface area contributed by atoms with Crippen LogP contribution >= 0.6 is 0 Å². The van der Waals surface area contributed by atoms with E-state index in [1.54, 1.807) is 69.2 Å². The molecule has 1 aliphatic rings. The van der Waals surface area contributed by atoms with E-state index in [4.69, 9.17) is 48.9 Å². The largest absolute Gasteiger partial charge is 0.468 e. The lowest BCUT2D eigenvalue weighted by molar-refractivity contribution is -0.141. The number of halogens is 3. The van der Waals surface area contributed by atoms with E-state index >= 15 is 0 Å². The number of benzene rings is 6. The van der Waals surface area contributed by atoms with E-state index in [0.717, 1.165) is 142 Å². The molecule has 1 fully saturated rings. The number of likely N-dealkylation sites (N-methyl/N-ethyl adjacent to an activating group) is 1. The van der Waals surface area contributed by atoms with Crippen LogP contribution in [-0.4, -0.2) is 166 Å². The van der Waals surface area contributed by atoms with Gasteiger partial charge in [0.25, 0.3) is 0 Å².